The second-order valence-electron chi connectivity index (χ2n) is 3.70. The SMILES string of the molecule is NC(=O)c1cc(N)cc(Cl)c1NCC(F)(F)C(F)F. The van der Waals surface area contributed by atoms with E-state index in [0.717, 1.165) is 6.07 Å². The number of carbonyl (C=O) groups excluding carboxylic acids is 1. The number of alkyl halides is 4. The molecule has 19 heavy (non-hydrogen) atoms. The summed E-state index contributed by atoms with van der Waals surface area (Å²) in [6, 6.07) is 2.29. The van der Waals surface area contributed by atoms with Crippen molar-refractivity contribution in [1.82, 2.24) is 0 Å². The predicted octanol–water partition coefficient (Wildman–Crippen LogP) is 2.33. The molecule has 0 aromatic heterocycles. The quantitative estimate of drug-likeness (QED) is 0.576. The summed E-state index contributed by atoms with van der Waals surface area (Å²) in [5.41, 5.74) is 10.0. The van der Waals surface area contributed by atoms with Gasteiger partial charge in [0.05, 0.1) is 22.8 Å². The van der Waals surface area contributed by atoms with E-state index in [-0.39, 0.29) is 22.0 Å². The molecule has 0 radical (unpaired) electrons. The van der Waals surface area contributed by atoms with Crippen molar-refractivity contribution in [3.8, 4) is 0 Å². The van der Waals surface area contributed by atoms with Crippen molar-refractivity contribution in [2.75, 3.05) is 17.6 Å². The summed E-state index contributed by atoms with van der Waals surface area (Å²) in [5, 5.41) is 1.83. The number of rotatable bonds is 5. The largest absolute Gasteiger partial charge is 0.399 e. The zero-order chi connectivity index (χ0) is 14.8. The molecule has 0 saturated carbocycles. The van der Waals surface area contributed by atoms with E-state index >= 15 is 0 Å². The number of primary amides is 1. The van der Waals surface area contributed by atoms with Gasteiger partial charge in [-0.25, -0.2) is 8.78 Å². The number of carbonyl (C=O) groups is 1. The molecule has 1 amide bonds. The van der Waals surface area contributed by atoms with Crippen LogP contribution in [0.15, 0.2) is 12.1 Å². The molecule has 0 fully saturated rings. The fourth-order valence-electron chi connectivity index (χ4n) is 1.29. The number of hydrogen-bond acceptors (Lipinski definition) is 3. The third-order valence-electron chi connectivity index (χ3n) is 2.20. The molecule has 9 heteroatoms. The lowest BCUT2D eigenvalue weighted by atomic mass is 10.1. The lowest BCUT2D eigenvalue weighted by Crippen LogP contribution is -2.35. The highest BCUT2D eigenvalue weighted by molar-refractivity contribution is 6.34. The van der Waals surface area contributed by atoms with Gasteiger partial charge in [-0.05, 0) is 12.1 Å². The number of nitrogen functional groups attached to an aromatic ring is 1. The van der Waals surface area contributed by atoms with Crippen LogP contribution in [0.3, 0.4) is 0 Å². The van der Waals surface area contributed by atoms with Crippen molar-refractivity contribution in [2.45, 2.75) is 12.3 Å². The number of amides is 1. The van der Waals surface area contributed by atoms with Crippen LogP contribution in [0.4, 0.5) is 28.9 Å². The molecule has 4 nitrogen and oxygen atoms in total. The normalized spacial score (nSPS) is 11.7. The Morgan fingerprint density at radius 2 is 2.00 bits per heavy atom. The van der Waals surface area contributed by atoms with Crippen molar-refractivity contribution < 1.29 is 22.4 Å². The summed E-state index contributed by atoms with van der Waals surface area (Å²) in [7, 11) is 0. The van der Waals surface area contributed by atoms with E-state index in [0.29, 0.717) is 0 Å². The smallest absolute Gasteiger partial charge is 0.324 e. The number of halogens is 5. The van der Waals surface area contributed by atoms with Crippen molar-refractivity contribution in [2.24, 2.45) is 5.73 Å². The van der Waals surface area contributed by atoms with Gasteiger partial charge in [0.2, 0.25) is 0 Å². The highest BCUT2D eigenvalue weighted by atomic mass is 35.5. The zero-order valence-electron chi connectivity index (χ0n) is 9.39. The summed E-state index contributed by atoms with van der Waals surface area (Å²) >= 11 is 5.70. The van der Waals surface area contributed by atoms with Crippen LogP contribution in [0.2, 0.25) is 5.02 Å². The van der Waals surface area contributed by atoms with E-state index in [1.807, 2.05) is 5.32 Å². The molecule has 5 N–H and O–H groups in total. The van der Waals surface area contributed by atoms with Gasteiger partial charge in [-0.3, -0.25) is 4.79 Å². The fraction of sp³-hybridized carbons (Fsp3) is 0.300. The maximum Gasteiger partial charge on any atom is 0.324 e. The van der Waals surface area contributed by atoms with Crippen LogP contribution < -0.4 is 16.8 Å². The van der Waals surface area contributed by atoms with E-state index in [1.54, 1.807) is 0 Å². The summed E-state index contributed by atoms with van der Waals surface area (Å²) in [6.45, 7) is -1.39. The zero-order valence-corrected chi connectivity index (χ0v) is 10.1. The van der Waals surface area contributed by atoms with E-state index < -0.39 is 24.8 Å². The Kier molecular flexibility index (Phi) is 4.46. The van der Waals surface area contributed by atoms with E-state index in [2.05, 4.69) is 0 Å². The Hall–Kier alpha value is -1.70. The molecule has 1 rings (SSSR count). The predicted molar refractivity (Wildman–Crippen MR) is 63.8 cm³/mol. The number of hydrogen-bond donors (Lipinski definition) is 3. The Morgan fingerprint density at radius 3 is 2.47 bits per heavy atom. The summed E-state index contributed by atoms with van der Waals surface area (Å²) in [6.07, 6.45) is -3.84. The van der Waals surface area contributed by atoms with E-state index in [9.17, 15) is 22.4 Å². The van der Waals surface area contributed by atoms with Crippen molar-refractivity contribution in [1.29, 1.82) is 0 Å². The van der Waals surface area contributed by atoms with Crippen LogP contribution in [0.25, 0.3) is 0 Å². The Bertz CT molecular complexity index is 496. The van der Waals surface area contributed by atoms with Crippen LogP contribution in [0.1, 0.15) is 10.4 Å². The molecule has 0 aliphatic rings. The third-order valence-corrected chi connectivity index (χ3v) is 2.50. The molecule has 0 unspecified atom stereocenters. The Morgan fingerprint density at radius 1 is 1.42 bits per heavy atom. The Labute approximate surface area is 110 Å². The topological polar surface area (TPSA) is 81.1 Å². The Balaban J connectivity index is 3.04. The standard InChI is InChI=1S/C10H10ClF4N3O/c11-6-2-4(16)1-5(8(17)19)7(6)18-3-10(14,15)9(12)13/h1-2,9,18H,3,16H2,(H2,17,19). The van der Waals surface area contributed by atoms with Gasteiger partial charge in [0.15, 0.2) is 0 Å². The van der Waals surface area contributed by atoms with E-state index in [4.69, 9.17) is 23.1 Å². The van der Waals surface area contributed by atoms with Gasteiger partial charge in [-0.15, -0.1) is 0 Å². The first-order valence-corrected chi connectivity index (χ1v) is 5.31. The minimum Gasteiger partial charge on any atom is -0.399 e. The number of nitrogens with one attached hydrogen (secondary N) is 1. The maximum atomic E-state index is 12.8. The molecule has 0 aliphatic carbocycles. The molecule has 1 aromatic carbocycles. The molecule has 0 bridgehead atoms. The summed E-state index contributed by atoms with van der Waals surface area (Å²) < 4.78 is 49.6. The van der Waals surface area contributed by atoms with Gasteiger partial charge in [-0.1, -0.05) is 11.6 Å². The summed E-state index contributed by atoms with van der Waals surface area (Å²) in [4.78, 5) is 11.1. The number of benzene rings is 1. The monoisotopic (exact) mass is 299 g/mol. The van der Waals surface area contributed by atoms with Crippen molar-refractivity contribution in [3.05, 3.63) is 22.7 Å². The van der Waals surface area contributed by atoms with Gasteiger partial charge in [-0.2, -0.15) is 8.78 Å². The summed E-state index contributed by atoms with van der Waals surface area (Å²) in [5.74, 6) is -5.24. The van der Waals surface area contributed by atoms with Gasteiger partial charge in [0, 0.05) is 5.69 Å². The molecule has 0 heterocycles. The molecular weight excluding hydrogens is 290 g/mol. The molecule has 106 valence electrons. The number of nitrogens with two attached hydrogens (primary N) is 2. The van der Waals surface area contributed by atoms with Gasteiger partial charge in [0.25, 0.3) is 5.91 Å². The third kappa shape index (κ3) is 3.63. The lowest BCUT2D eigenvalue weighted by molar-refractivity contribution is -0.117. The minimum absolute atomic E-state index is 0.0879. The molecule has 1 aromatic rings. The highest BCUT2D eigenvalue weighted by Crippen LogP contribution is 2.31. The first-order valence-electron chi connectivity index (χ1n) is 4.94. The van der Waals surface area contributed by atoms with Crippen LogP contribution in [-0.2, 0) is 0 Å². The van der Waals surface area contributed by atoms with Crippen LogP contribution in [0, 0.1) is 0 Å². The van der Waals surface area contributed by atoms with Crippen molar-refractivity contribution >= 4 is 28.9 Å². The molecular formula is C10H10ClF4N3O. The van der Waals surface area contributed by atoms with Gasteiger partial charge >= 0.3 is 12.3 Å². The van der Waals surface area contributed by atoms with Crippen molar-refractivity contribution in [3.63, 3.8) is 0 Å². The average molecular weight is 300 g/mol. The van der Waals surface area contributed by atoms with E-state index in [1.165, 1.54) is 6.07 Å². The second kappa shape index (κ2) is 5.52. The maximum absolute atomic E-state index is 12.8. The molecule has 0 spiro atoms. The lowest BCUT2D eigenvalue weighted by Gasteiger charge is -2.18. The highest BCUT2D eigenvalue weighted by Gasteiger charge is 2.40. The minimum atomic E-state index is -4.26. The molecule has 0 atom stereocenters. The first kappa shape index (κ1) is 15.4. The average Bonchev–Trinajstić information content (AvgIpc) is 2.26. The van der Waals surface area contributed by atoms with Gasteiger partial charge < -0.3 is 16.8 Å². The number of anilines is 2. The molecule has 0 aliphatic heterocycles. The molecule has 0 saturated heterocycles. The van der Waals surface area contributed by atoms with Gasteiger partial charge in [0.1, 0.15) is 0 Å². The van der Waals surface area contributed by atoms with Crippen LogP contribution in [-0.4, -0.2) is 24.8 Å². The fourth-order valence-corrected chi connectivity index (χ4v) is 1.58. The van der Waals surface area contributed by atoms with Crippen LogP contribution in [0.5, 0.6) is 0 Å². The first-order chi connectivity index (χ1) is 8.65. The second-order valence-corrected chi connectivity index (χ2v) is 4.11. The van der Waals surface area contributed by atoms with Crippen LogP contribution >= 0.6 is 11.6 Å².